The monoisotopic (exact) mass is 633 g/mol. The Balaban J connectivity index is 1.39. The van der Waals surface area contributed by atoms with Gasteiger partial charge in [-0.2, -0.15) is 0 Å². The third-order valence-electron chi connectivity index (χ3n) is 7.71. The molecule has 3 amide bonds. The highest BCUT2D eigenvalue weighted by atomic mass is 32.1. The number of carbonyl (C=O) groups is 4. The molecule has 0 radical (unpaired) electrons. The summed E-state index contributed by atoms with van der Waals surface area (Å²) in [5.74, 6) is -1.44. The Labute approximate surface area is 268 Å². The van der Waals surface area contributed by atoms with Crippen LogP contribution in [0.2, 0.25) is 0 Å². The third kappa shape index (κ3) is 10.0. The Morgan fingerprint density at radius 1 is 1.00 bits per heavy atom. The molecular formula is C33H43N7O4S. The average molecular weight is 634 g/mol. The van der Waals surface area contributed by atoms with Crippen LogP contribution in [0.4, 0.5) is 0 Å². The quantitative estimate of drug-likeness (QED) is 0.0906. The number of benzene rings is 2. The van der Waals surface area contributed by atoms with Crippen molar-refractivity contribution in [1.82, 2.24) is 25.8 Å². The summed E-state index contributed by atoms with van der Waals surface area (Å²) in [6.07, 6.45) is 2.85. The Bertz CT molecular complexity index is 1420. The minimum atomic E-state index is -0.886. The lowest BCUT2D eigenvalue weighted by molar-refractivity contribution is -0.139. The largest absolute Gasteiger partial charge is 0.350 e. The van der Waals surface area contributed by atoms with Gasteiger partial charge in [0.1, 0.15) is 11.7 Å². The fourth-order valence-electron chi connectivity index (χ4n) is 5.34. The van der Waals surface area contributed by atoms with Gasteiger partial charge < -0.3 is 32.3 Å². The molecule has 0 spiro atoms. The molecule has 1 fully saturated rings. The van der Waals surface area contributed by atoms with Crippen molar-refractivity contribution in [1.29, 1.82) is 0 Å². The van der Waals surface area contributed by atoms with Gasteiger partial charge in [0.25, 0.3) is 5.91 Å². The summed E-state index contributed by atoms with van der Waals surface area (Å²) < 4.78 is 0. The van der Waals surface area contributed by atoms with Gasteiger partial charge >= 0.3 is 0 Å². The van der Waals surface area contributed by atoms with Crippen molar-refractivity contribution >= 4 is 34.8 Å². The van der Waals surface area contributed by atoms with E-state index in [9.17, 15) is 19.2 Å². The normalized spacial score (nSPS) is 16.5. The number of aromatic nitrogens is 1. The van der Waals surface area contributed by atoms with Crippen molar-refractivity contribution in [2.75, 3.05) is 19.6 Å². The van der Waals surface area contributed by atoms with E-state index >= 15 is 0 Å². The summed E-state index contributed by atoms with van der Waals surface area (Å²) in [4.78, 5) is 59.1. The summed E-state index contributed by atoms with van der Waals surface area (Å²) in [6, 6.07) is 16.9. The molecule has 12 heteroatoms. The molecule has 11 nitrogen and oxygen atoms in total. The number of hydrogen-bond donors (Lipinski definition) is 5. The zero-order valence-corrected chi connectivity index (χ0v) is 26.4. The van der Waals surface area contributed by atoms with Crippen molar-refractivity contribution in [2.24, 2.45) is 11.5 Å². The number of amides is 3. The van der Waals surface area contributed by atoms with E-state index in [1.165, 1.54) is 4.90 Å². The molecule has 240 valence electrons. The summed E-state index contributed by atoms with van der Waals surface area (Å²) >= 11 is 1.07. The van der Waals surface area contributed by atoms with Crippen molar-refractivity contribution in [2.45, 2.75) is 69.7 Å². The van der Waals surface area contributed by atoms with Crippen molar-refractivity contribution in [3.8, 4) is 0 Å². The van der Waals surface area contributed by atoms with Gasteiger partial charge in [0.15, 0.2) is 5.01 Å². The number of rotatable bonds is 16. The van der Waals surface area contributed by atoms with Crippen LogP contribution < -0.4 is 27.4 Å². The van der Waals surface area contributed by atoms with Gasteiger partial charge in [-0.1, -0.05) is 60.7 Å². The number of nitrogens with one attached hydrogen (secondary N) is 3. The predicted octanol–water partition coefficient (Wildman–Crippen LogP) is 2.02. The maximum Gasteiger partial charge on any atom is 0.270 e. The second-order valence-electron chi connectivity index (χ2n) is 11.3. The van der Waals surface area contributed by atoms with Crippen LogP contribution in [0.15, 0.2) is 66.0 Å². The molecule has 4 atom stereocenters. The number of ketones is 1. The highest BCUT2D eigenvalue weighted by molar-refractivity contribution is 7.12. The molecular weight excluding hydrogens is 590 g/mol. The first-order chi connectivity index (χ1) is 21.7. The van der Waals surface area contributed by atoms with Crippen molar-refractivity contribution in [3.63, 3.8) is 0 Å². The van der Waals surface area contributed by atoms with E-state index in [0.29, 0.717) is 58.2 Å². The lowest BCUT2D eigenvalue weighted by atomic mass is 10.0. The molecule has 1 aliphatic heterocycles. The van der Waals surface area contributed by atoms with Crippen LogP contribution in [0.25, 0.3) is 0 Å². The lowest BCUT2D eigenvalue weighted by Crippen LogP contribution is -2.54. The molecule has 0 bridgehead atoms. The second kappa shape index (κ2) is 16.9. The molecule has 7 N–H and O–H groups in total. The van der Waals surface area contributed by atoms with E-state index in [2.05, 4.69) is 20.9 Å². The summed E-state index contributed by atoms with van der Waals surface area (Å²) in [7, 11) is 0. The first-order valence-corrected chi connectivity index (χ1v) is 16.3. The highest BCUT2D eigenvalue weighted by Crippen LogP contribution is 2.21. The van der Waals surface area contributed by atoms with Gasteiger partial charge in [0, 0.05) is 18.5 Å². The third-order valence-corrected chi connectivity index (χ3v) is 8.57. The number of Topliss-reactive ketones (excluding diaryl/α,β-unsaturated/α-hetero) is 1. The zero-order chi connectivity index (χ0) is 32.2. The number of likely N-dealkylation sites (tertiary alicyclic amines) is 1. The summed E-state index contributed by atoms with van der Waals surface area (Å²) in [5, 5.41) is 10.5. The summed E-state index contributed by atoms with van der Waals surface area (Å²) in [5.41, 5.74) is 14.3. The van der Waals surface area contributed by atoms with Gasteiger partial charge in [-0.05, 0) is 63.1 Å². The minimum Gasteiger partial charge on any atom is -0.350 e. The lowest BCUT2D eigenvalue weighted by Gasteiger charge is -2.28. The first kappa shape index (κ1) is 33.9. The highest BCUT2D eigenvalue weighted by Gasteiger charge is 2.38. The van der Waals surface area contributed by atoms with E-state index in [1.807, 2.05) is 67.6 Å². The Morgan fingerprint density at radius 2 is 1.69 bits per heavy atom. The van der Waals surface area contributed by atoms with Crippen LogP contribution in [0.5, 0.6) is 0 Å². The number of hydrogen-bond acceptors (Lipinski definition) is 9. The van der Waals surface area contributed by atoms with Crippen molar-refractivity contribution in [3.05, 3.63) is 87.9 Å². The molecule has 2 unspecified atom stereocenters. The maximum atomic E-state index is 13.6. The van der Waals surface area contributed by atoms with Crippen molar-refractivity contribution < 1.29 is 19.2 Å². The zero-order valence-electron chi connectivity index (χ0n) is 25.6. The molecule has 1 saturated heterocycles. The van der Waals surface area contributed by atoms with Crippen LogP contribution in [0.1, 0.15) is 64.0 Å². The van der Waals surface area contributed by atoms with Crippen LogP contribution in [0.3, 0.4) is 0 Å². The smallest absolute Gasteiger partial charge is 0.270 e. The molecule has 2 aromatic carbocycles. The number of nitrogens with two attached hydrogens (primary N) is 2. The SMILES string of the molecule is CC(N)NCCC[C@@H](NC(=O)[C@@H]1CCCN1C(=O)C(N)Cc1ccccc1)C(=O)c1nc(C(=O)NCCc2ccccc2)cs1. The van der Waals surface area contributed by atoms with Crippen LogP contribution in [-0.2, 0) is 22.4 Å². The average Bonchev–Trinajstić information content (AvgIpc) is 3.74. The second-order valence-corrected chi connectivity index (χ2v) is 12.2. The van der Waals surface area contributed by atoms with Gasteiger partial charge in [-0.3, -0.25) is 19.2 Å². The Hall–Kier alpha value is -3.97. The Morgan fingerprint density at radius 3 is 2.38 bits per heavy atom. The molecule has 3 aromatic rings. The number of carbonyl (C=O) groups excluding carboxylic acids is 4. The van der Waals surface area contributed by atoms with Crippen LogP contribution in [-0.4, -0.2) is 77.3 Å². The molecule has 45 heavy (non-hydrogen) atoms. The molecule has 4 rings (SSSR count). The Kier molecular flexibility index (Phi) is 12.8. The fraction of sp³-hybridized carbons (Fsp3) is 0.424. The number of nitrogens with zero attached hydrogens (tertiary/aromatic N) is 2. The van der Waals surface area contributed by atoms with E-state index < -0.39 is 24.0 Å². The summed E-state index contributed by atoms with van der Waals surface area (Å²) in [6.45, 7) is 3.22. The molecule has 0 aliphatic carbocycles. The van der Waals surface area contributed by atoms with Gasteiger partial charge in [-0.25, -0.2) is 4.98 Å². The standard InChI is InChI=1S/C33H43N7O4S/c1-22(34)36-17-8-14-26(29(41)32-39-27(21-45-32)30(42)37-18-16-23-10-4-2-5-11-23)38-31(43)28-15-9-19-40(28)33(44)25(35)20-24-12-6-3-7-13-24/h2-7,10-13,21-22,25-26,28,36H,8-9,14-20,34-35H2,1H3,(H,37,42)(H,38,43)/t22?,25?,26-,28+/m1/s1. The first-order valence-electron chi connectivity index (χ1n) is 15.4. The van der Waals surface area contributed by atoms with Gasteiger partial charge in [0.05, 0.1) is 18.2 Å². The van der Waals surface area contributed by atoms with Gasteiger partial charge in [0.2, 0.25) is 17.6 Å². The topological polar surface area (TPSA) is 173 Å². The minimum absolute atomic E-state index is 0.137. The van der Waals surface area contributed by atoms with Crippen LogP contribution in [0, 0.1) is 0 Å². The molecule has 1 aliphatic rings. The molecule has 0 saturated carbocycles. The fourth-order valence-corrected chi connectivity index (χ4v) is 6.13. The van der Waals surface area contributed by atoms with E-state index in [1.54, 1.807) is 5.38 Å². The van der Waals surface area contributed by atoms with E-state index in [-0.39, 0.29) is 34.5 Å². The number of thiazole rings is 1. The predicted molar refractivity (Wildman–Crippen MR) is 175 cm³/mol. The van der Waals surface area contributed by atoms with E-state index in [0.717, 1.165) is 22.5 Å². The van der Waals surface area contributed by atoms with E-state index in [4.69, 9.17) is 11.5 Å². The van der Waals surface area contributed by atoms with Gasteiger partial charge in [-0.15, -0.1) is 11.3 Å². The maximum absolute atomic E-state index is 13.6. The van der Waals surface area contributed by atoms with Crippen LogP contribution >= 0.6 is 11.3 Å². The molecule has 2 heterocycles. The molecule has 1 aromatic heterocycles.